The first-order valence-corrected chi connectivity index (χ1v) is 9.89. The number of fused-ring (bicyclic) bond motifs is 1. The number of nitrogens with two attached hydrogens (primary N) is 1. The summed E-state index contributed by atoms with van der Waals surface area (Å²) in [6.07, 6.45) is 1.20. The Morgan fingerprint density at radius 1 is 1.16 bits per heavy atom. The summed E-state index contributed by atoms with van der Waals surface area (Å²) < 4.78 is 17.9. The number of ether oxygens (including phenoxy) is 3. The lowest BCUT2D eigenvalue weighted by molar-refractivity contribution is 0.155. The highest BCUT2D eigenvalue weighted by atomic mass is 16.5. The number of benzene rings is 1. The molecule has 3 aromatic rings. The highest BCUT2D eigenvalue weighted by molar-refractivity contribution is 5.75. The lowest BCUT2D eigenvalue weighted by Gasteiger charge is -2.13. The van der Waals surface area contributed by atoms with E-state index in [0.29, 0.717) is 59.5 Å². The van der Waals surface area contributed by atoms with E-state index in [4.69, 9.17) is 24.9 Å². The molecule has 1 aromatic carbocycles. The fraction of sp³-hybridized carbons (Fsp3) is 0.318. The first kappa shape index (κ1) is 21.1. The van der Waals surface area contributed by atoms with Gasteiger partial charge in [0.2, 0.25) is 5.88 Å². The Kier molecular flexibility index (Phi) is 5.64. The van der Waals surface area contributed by atoms with E-state index in [2.05, 4.69) is 16.8 Å². The highest BCUT2D eigenvalue weighted by Gasteiger charge is 2.32. The molecule has 1 aliphatic rings. The first-order valence-electron chi connectivity index (χ1n) is 9.89. The van der Waals surface area contributed by atoms with Gasteiger partial charge in [-0.05, 0) is 24.5 Å². The number of anilines is 1. The fourth-order valence-electron chi connectivity index (χ4n) is 3.80. The van der Waals surface area contributed by atoms with Crippen molar-refractivity contribution in [1.29, 1.82) is 0 Å². The van der Waals surface area contributed by atoms with Gasteiger partial charge in [-0.3, -0.25) is 4.40 Å². The number of nitrogens with zero attached hydrogens (tertiary/aromatic N) is 4. The quantitative estimate of drug-likeness (QED) is 0.595. The normalized spacial score (nSPS) is 15.3. The molecule has 3 heterocycles. The maximum Gasteiger partial charge on any atom is 0.407 e. The Hall–Kier alpha value is -4.13. The Morgan fingerprint density at radius 2 is 1.88 bits per heavy atom. The number of hydrogen-bond acceptors (Lipinski definition) is 7. The lowest BCUT2D eigenvalue weighted by Crippen LogP contribution is -2.26. The molecule has 1 saturated heterocycles. The number of carboxylic acid groups (broad SMARTS) is 1. The van der Waals surface area contributed by atoms with Crippen molar-refractivity contribution >= 4 is 17.4 Å². The predicted molar refractivity (Wildman–Crippen MR) is 116 cm³/mol. The van der Waals surface area contributed by atoms with E-state index in [1.54, 1.807) is 36.8 Å². The molecule has 0 bridgehead atoms. The molecule has 166 valence electrons. The molecule has 32 heavy (non-hydrogen) atoms. The van der Waals surface area contributed by atoms with Crippen LogP contribution in [0.2, 0.25) is 0 Å². The van der Waals surface area contributed by atoms with Crippen LogP contribution in [-0.4, -0.2) is 64.9 Å². The molecular weight excluding hydrogens is 414 g/mol. The number of rotatable bonds is 4. The summed E-state index contributed by atoms with van der Waals surface area (Å²) in [7, 11) is 4.67. The second-order valence-corrected chi connectivity index (χ2v) is 7.25. The van der Waals surface area contributed by atoms with Crippen LogP contribution in [0.5, 0.6) is 17.4 Å². The molecule has 3 N–H and O–H groups in total. The van der Waals surface area contributed by atoms with E-state index in [-0.39, 0.29) is 11.7 Å². The van der Waals surface area contributed by atoms with Crippen molar-refractivity contribution in [3.63, 3.8) is 0 Å². The molecule has 0 radical (unpaired) electrons. The van der Waals surface area contributed by atoms with E-state index < -0.39 is 6.09 Å². The zero-order chi connectivity index (χ0) is 22.8. The Labute approximate surface area is 184 Å². The smallest absolute Gasteiger partial charge is 0.407 e. The van der Waals surface area contributed by atoms with Crippen LogP contribution in [0.1, 0.15) is 29.4 Å². The molecule has 10 heteroatoms. The molecule has 0 saturated carbocycles. The van der Waals surface area contributed by atoms with Gasteiger partial charge in [0.25, 0.3) is 0 Å². The molecule has 0 spiro atoms. The number of aromatic nitrogens is 3. The van der Waals surface area contributed by atoms with Gasteiger partial charge in [-0.25, -0.2) is 14.8 Å². The Morgan fingerprint density at radius 3 is 2.47 bits per heavy atom. The van der Waals surface area contributed by atoms with Crippen LogP contribution >= 0.6 is 0 Å². The van der Waals surface area contributed by atoms with Crippen LogP contribution in [0.3, 0.4) is 0 Å². The van der Waals surface area contributed by atoms with Crippen molar-refractivity contribution < 1.29 is 24.1 Å². The minimum Gasteiger partial charge on any atom is -0.497 e. The second kappa shape index (κ2) is 8.55. The molecule has 10 nitrogen and oxygen atoms in total. The zero-order valence-electron chi connectivity index (χ0n) is 18.0. The number of carbonyl (C=O) groups is 1. The molecular formula is C22H23N5O5. The number of amides is 1. The molecule has 0 aliphatic carbocycles. The van der Waals surface area contributed by atoms with Gasteiger partial charge >= 0.3 is 6.09 Å². The van der Waals surface area contributed by atoms with Crippen LogP contribution in [-0.2, 0) is 0 Å². The number of likely N-dealkylation sites (tertiary alicyclic amines) is 1. The minimum absolute atomic E-state index is 0.123. The van der Waals surface area contributed by atoms with E-state index >= 15 is 0 Å². The minimum atomic E-state index is -0.950. The molecule has 0 unspecified atom stereocenters. The third-order valence-electron chi connectivity index (χ3n) is 5.39. The van der Waals surface area contributed by atoms with Gasteiger partial charge in [-0.1, -0.05) is 5.92 Å². The zero-order valence-corrected chi connectivity index (χ0v) is 18.0. The maximum absolute atomic E-state index is 11.4. The molecule has 1 atom stereocenters. The van der Waals surface area contributed by atoms with Crippen molar-refractivity contribution in [3.8, 4) is 29.2 Å². The summed E-state index contributed by atoms with van der Waals surface area (Å²) in [5.41, 5.74) is 7.82. The van der Waals surface area contributed by atoms with Gasteiger partial charge in [0.1, 0.15) is 28.5 Å². The van der Waals surface area contributed by atoms with Crippen LogP contribution in [0.4, 0.5) is 10.6 Å². The van der Waals surface area contributed by atoms with Crippen molar-refractivity contribution in [2.24, 2.45) is 0 Å². The molecule has 4 rings (SSSR count). The third-order valence-corrected chi connectivity index (χ3v) is 5.39. The fourth-order valence-corrected chi connectivity index (χ4v) is 3.80. The highest BCUT2D eigenvalue weighted by Crippen LogP contribution is 2.32. The summed E-state index contributed by atoms with van der Waals surface area (Å²) >= 11 is 0. The monoisotopic (exact) mass is 437 g/mol. The van der Waals surface area contributed by atoms with E-state index in [9.17, 15) is 9.90 Å². The van der Waals surface area contributed by atoms with Crippen molar-refractivity contribution in [2.75, 3.05) is 40.2 Å². The molecule has 2 aromatic heterocycles. The average Bonchev–Trinajstić information content (AvgIpc) is 3.43. The largest absolute Gasteiger partial charge is 0.497 e. The Bertz CT molecular complexity index is 1220. The van der Waals surface area contributed by atoms with Gasteiger partial charge in [-0.15, -0.1) is 0 Å². The lowest BCUT2D eigenvalue weighted by atomic mass is 10.1. The van der Waals surface area contributed by atoms with E-state index in [1.165, 1.54) is 18.2 Å². The predicted octanol–water partition coefficient (Wildman–Crippen LogP) is 2.20. The summed E-state index contributed by atoms with van der Waals surface area (Å²) in [5.74, 6) is 8.61. The van der Waals surface area contributed by atoms with Crippen LogP contribution in [0, 0.1) is 11.8 Å². The van der Waals surface area contributed by atoms with Crippen LogP contribution in [0.15, 0.2) is 24.4 Å². The number of nitrogen functional groups attached to an aromatic ring is 1. The SMILES string of the molecule is COc1cc(C#Cc2nc([C@H]3CCN(C(=O)O)C3)n3c(OC)cnc(N)c23)cc(OC)c1. The molecule has 1 amide bonds. The Balaban J connectivity index is 1.84. The number of hydrogen-bond donors (Lipinski definition) is 2. The summed E-state index contributed by atoms with van der Waals surface area (Å²) in [6.45, 7) is 0.766. The summed E-state index contributed by atoms with van der Waals surface area (Å²) in [4.78, 5) is 21.7. The van der Waals surface area contributed by atoms with Gasteiger partial charge in [-0.2, -0.15) is 0 Å². The molecule has 1 fully saturated rings. The maximum atomic E-state index is 11.4. The van der Waals surface area contributed by atoms with E-state index in [1.807, 2.05) is 0 Å². The average molecular weight is 437 g/mol. The van der Waals surface area contributed by atoms with Gasteiger partial charge in [0.15, 0.2) is 5.82 Å². The topological polar surface area (TPSA) is 124 Å². The third kappa shape index (κ3) is 3.80. The molecule has 1 aliphatic heterocycles. The van der Waals surface area contributed by atoms with Crippen LogP contribution in [0.25, 0.3) is 5.52 Å². The van der Waals surface area contributed by atoms with Crippen molar-refractivity contribution in [3.05, 3.63) is 41.5 Å². The van der Waals surface area contributed by atoms with Crippen molar-refractivity contribution in [2.45, 2.75) is 12.3 Å². The standard InChI is InChI=1S/C22H23N5O5/c1-30-15-8-13(9-16(10-15)31-2)4-5-17-19-20(23)24-11-18(32-3)27(19)21(25-17)14-6-7-26(12-14)22(28)29/h8-11,14H,6-7,12H2,1-3H3,(H2,23,24)(H,28,29)/t14-/m0/s1. The van der Waals surface area contributed by atoms with Crippen molar-refractivity contribution in [1.82, 2.24) is 19.3 Å². The summed E-state index contributed by atoms with van der Waals surface area (Å²) in [6, 6.07) is 5.34. The van der Waals surface area contributed by atoms with E-state index in [0.717, 1.165) is 0 Å². The first-order chi connectivity index (χ1) is 15.4. The number of methoxy groups -OCH3 is 3. The summed E-state index contributed by atoms with van der Waals surface area (Å²) in [5, 5.41) is 9.34. The van der Waals surface area contributed by atoms with Gasteiger partial charge in [0, 0.05) is 30.6 Å². The van der Waals surface area contributed by atoms with Gasteiger partial charge < -0.3 is 30.0 Å². The number of imidazole rings is 1. The van der Waals surface area contributed by atoms with Gasteiger partial charge in [0.05, 0.1) is 27.5 Å². The van der Waals surface area contributed by atoms with Crippen LogP contribution < -0.4 is 19.9 Å². The second-order valence-electron chi connectivity index (χ2n) is 7.25.